The molecule has 1 aliphatic heterocycles. The molecule has 1 saturated carbocycles. The van der Waals surface area contributed by atoms with Gasteiger partial charge in [-0.25, -0.2) is 8.78 Å². The van der Waals surface area contributed by atoms with Gasteiger partial charge in [-0.2, -0.15) is 0 Å². The minimum absolute atomic E-state index is 0.276. The number of hydrogen-bond donors (Lipinski definition) is 2. The zero-order chi connectivity index (χ0) is 8.93. The highest BCUT2D eigenvalue weighted by atomic mass is 19.3. The summed E-state index contributed by atoms with van der Waals surface area (Å²) in [5, 5.41) is 11.0. The number of halogens is 2. The van der Waals surface area contributed by atoms with Crippen molar-refractivity contribution < 1.29 is 18.7 Å². The Bertz CT molecular complexity index is 231. The molecule has 0 spiro atoms. The maximum Gasteiger partial charge on any atom is 0.320 e. The lowest BCUT2D eigenvalue weighted by molar-refractivity contribution is -0.142. The van der Waals surface area contributed by atoms with Crippen LogP contribution in [0.5, 0.6) is 0 Å². The maximum absolute atomic E-state index is 12.8. The molecular formula is C7H9F2NO2. The summed E-state index contributed by atoms with van der Waals surface area (Å²) >= 11 is 0. The second kappa shape index (κ2) is 2.16. The zero-order valence-electron chi connectivity index (χ0n) is 6.26. The number of hydrogen-bond acceptors (Lipinski definition) is 2. The van der Waals surface area contributed by atoms with Gasteiger partial charge in [0, 0.05) is 6.42 Å². The fraction of sp³-hybridized carbons (Fsp3) is 0.857. The van der Waals surface area contributed by atoms with Gasteiger partial charge < -0.3 is 5.11 Å². The number of carbonyl (C=O) groups is 1. The van der Waals surface area contributed by atoms with Crippen molar-refractivity contribution in [2.24, 2.45) is 5.92 Å². The Hall–Kier alpha value is -0.710. The van der Waals surface area contributed by atoms with Crippen molar-refractivity contribution in [2.75, 3.05) is 0 Å². The Morgan fingerprint density at radius 1 is 1.58 bits per heavy atom. The van der Waals surface area contributed by atoms with Crippen LogP contribution in [0.15, 0.2) is 0 Å². The van der Waals surface area contributed by atoms with Gasteiger partial charge in [0.05, 0.1) is 6.04 Å². The van der Waals surface area contributed by atoms with Crippen LogP contribution in [0.4, 0.5) is 8.78 Å². The minimum Gasteiger partial charge on any atom is -0.480 e. The molecule has 5 heteroatoms. The number of nitrogens with one attached hydrogen (secondary N) is 1. The van der Waals surface area contributed by atoms with Gasteiger partial charge >= 0.3 is 5.97 Å². The summed E-state index contributed by atoms with van der Waals surface area (Å²) in [6.45, 7) is 0. The Kier molecular flexibility index (Phi) is 1.42. The lowest BCUT2D eigenvalue weighted by atomic mass is 9.99. The fourth-order valence-electron chi connectivity index (χ4n) is 2.12. The summed E-state index contributed by atoms with van der Waals surface area (Å²) in [5.74, 6) is -4.10. The van der Waals surface area contributed by atoms with Crippen molar-refractivity contribution in [1.29, 1.82) is 0 Å². The van der Waals surface area contributed by atoms with Crippen molar-refractivity contribution in [2.45, 2.75) is 30.8 Å². The van der Waals surface area contributed by atoms with Crippen LogP contribution in [-0.4, -0.2) is 29.1 Å². The molecule has 0 aromatic carbocycles. The van der Waals surface area contributed by atoms with Crippen LogP contribution >= 0.6 is 0 Å². The smallest absolute Gasteiger partial charge is 0.320 e. The molecule has 0 radical (unpaired) electrons. The molecule has 3 nitrogen and oxygen atoms in total. The van der Waals surface area contributed by atoms with E-state index in [1.807, 2.05) is 0 Å². The van der Waals surface area contributed by atoms with E-state index in [1.165, 1.54) is 0 Å². The van der Waals surface area contributed by atoms with Crippen molar-refractivity contribution in [3.8, 4) is 0 Å². The molecule has 0 aromatic rings. The summed E-state index contributed by atoms with van der Waals surface area (Å²) in [7, 11) is 0. The molecule has 2 fully saturated rings. The SMILES string of the molecule is O=C(O)[C@@H]1N[C@H]2C[C@H]1CC2(F)F. The average Bonchev–Trinajstić information content (AvgIpc) is 2.40. The molecule has 1 saturated heterocycles. The summed E-state index contributed by atoms with van der Waals surface area (Å²) in [5.41, 5.74) is 0. The van der Waals surface area contributed by atoms with E-state index >= 15 is 0 Å². The van der Waals surface area contributed by atoms with E-state index in [-0.39, 0.29) is 12.3 Å². The normalized spacial score (nSPS) is 43.3. The molecule has 0 unspecified atom stereocenters. The summed E-state index contributed by atoms with van der Waals surface area (Å²) < 4.78 is 25.6. The Labute approximate surface area is 67.8 Å². The first-order valence-corrected chi connectivity index (χ1v) is 3.87. The fourth-order valence-corrected chi connectivity index (χ4v) is 2.12. The first kappa shape index (κ1) is 7.91. The third-order valence-electron chi connectivity index (χ3n) is 2.70. The van der Waals surface area contributed by atoms with Crippen molar-refractivity contribution in [1.82, 2.24) is 5.32 Å². The lowest BCUT2D eigenvalue weighted by Gasteiger charge is -2.26. The van der Waals surface area contributed by atoms with Crippen LogP contribution in [0.2, 0.25) is 0 Å². The molecule has 2 rings (SSSR count). The second-order valence-electron chi connectivity index (χ2n) is 3.50. The molecule has 0 amide bonds. The van der Waals surface area contributed by atoms with Crippen LogP contribution in [0.3, 0.4) is 0 Å². The number of fused-ring (bicyclic) bond motifs is 2. The van der Waals surface area contributed by atoms with Gasteiger partial charge in [0.25, 0.3) is 5.92 Å². The Morgan fingerprint density at radius 3 is 2.58 bits per heavy atom. The highest BCUT2D eigenvalue weighted by Gasteiger charge is 2.58. The number of carboxylic acids is 1. The maximum atomic E-state index is 12.8. The highest BCUT2D eigenvalue weighted by Crippen LogP contribution is 2.45. The zero-order valence-corrected chi connectivity index (χ0v) is 6.26. The first-order valence-electron chi connectivity index (χ1n) is 3.87. The molecule has 0 aromatic heterocycles. The van der Waals surface area contributed by atoms with E-state index in [1.54, 1.807) is 0 Å². The van der Waals surface area contributed by atoms with Gasteiger partial charge in [-0.05, 0) is 12.3 Å². The summed E-state index contributed by atoms with van der Waals surface area (Å²) in [4.78, 5) is 10.5. The third kappa shape index (κ3) is 0.924. The van der Waals surface area contributed by atoms with E-state index in [0.29, 0.717) is 6.42 Å². The van der Waals surface area contributed by atoms with Crippen LogP contribution in [-0.2, 0) is 4.79 Å². The van der Waals surface area contributed by atoms with E-state index in [2.05, 4.69) is 5.32 Å². The van der Waals surface area contributed by atoms with Crippen LogP contribution in [0, 0.1) is 5.92 Å². The standard InChI is InChI=1S/C7H9F2NO2/c8-7(9)2-3-1-4(7)10-5(3)6(11)12/h3-5,10H,1-2H2,(H,11,12)/t3-,4-,5+/m0/s1. The van der Waals surface area contributed by atoms with Gasteiger partial charge in [0.15, 0.2) is 0 Å². The van der Waals surface area contributed by atoms with E-state index in [9.17, 15) is 13.6 Å². The topological polar surface area (TPSA) is 49.3 Å². The van der Waals surface area contributed by atoms with Gasteiger partial charge in [-0.1, -0.05) is 0 Å². The number of piperidine rings is 1. The monoisotopic (exact) mass is 177 g/mol. The quantitative estimate of drug-likeness (QED) is 0.611. The molecule has 68 valence electrons. The third-order valence-corrected chi connectivity index (χ3v) is 2.70. The van der Waals surface area contributed by atoms with E-state index < -0.39 is 24.0 Å². The minimum atomic E-state index is -2.70. The molecule has 2 N–H and O–H groups in total. The van der Waals surface area contributed by atoms with Crippen LogP contribution in [0.1, 0.15) is 12.8 Å². The largest absolute Gasteiger partial charge is 0.480 e. The number of carboxylic acid groups (broad SMARTS) is 1. The van der Waals surface area contributed by atoms with E-state index in [4.69, 9.17) is 5.11 Å². The molecular weight excluding hydrogens is 168 g/mol. The number of rotatable bonds is 1. The van der Waals surface area contributed by atoms with Crippen molar-refractivity contribution >= 4 is 5.97 Å². The number of alkyl halides is 2. The van der Waals surface area contributed by atoms with Gasteiger partial charge in [-0.3, -0.25) is 10.1 Å². The molecule has 2 bridgehead atoms. The molecule has 12 heavy (non-hydrogen) atoms. The molecule has 2 aliphatic rings. The predicted octanol–water partition coefficient (Wildman–Crippen LogP) is 0.457. The van der Waals surface area contributed by atoms with Gasteiger partial charge in [0.1, 0.15) is 6.04 Å². The Balaban J connectivity index is 2.13. The Morgan fingerprint density at radius 2 is 2.25 bits per heavy atom. The average molecular weight is 177 g/mol. The predicted molar refractivity (Wildman–Crippen MR) is 36.0 cm³/mol. The molecule has 1 aliphatic carbocycles. The van der Waals surface area contributed by atoms with Crippen LogP contribution < -0.4 is 5.32 Å². The lowest BCUT2D eigenvalue weighted by Crippen LogP contribution is -2.50. The summed E-state index contributed by atoms with van der Waals surface area (Å²) in [6, 6.07) is -1.67. The van der Waals surface area contributed by atoms with E-state index in [0.717, 1.165) is 0 Å². The molecule has 1 heterocycles. The van der Waals surface area contributed by atoms with Crippen LogP contribution in [0.25, 0.3) is 0 Å². The second-order valence-corrected chi connectivity index (χ2v) is 3.50. The molecule has 3 atom stereocenters. The van der Waals surface area contributed by atoms with Crippen molar-refractivity contribution in [3.05, 3.63) is 0 Å². The van der Waals surface area contributed by atoms with Gasteiger partial charge in [0.2, 0.25) is 0 Å². The van der Waals surface area contributed by atoms with Crippen molar-refractivity contribution in [3.63, 3.8) is 0 Å². The highest BCUT2D eigenvalue weighted by molar-refractivity contribution is 5.74. The first-order chi connectivity index (χ1) is 5.50. The number of aliphatic carboxylic acids is 1. The van der Waals surface area contributed by atoms with Gasteiger partial charge in [-0.15, -0.1) is 0 Å². The summed E-state index contributed by atoms with van der Waals surface area (Å²) in [6.07, 6.45) is 0.0194.